The molecule has 0 bridgehead atoms. The maximum Gasteiger partial charge on any atom is 0.242 e. The van der Waals surface area contributed by atoms with Gasteiger partial charge in [-0.25, -0.2) is 5.01 Å². The highest BCUT2D eigenvalue weighted by molar-refractivity contribution is 5.86. The standard InChI is InChI=1S/C14H16N2O3/c1-3-14(17)16-5-4-10-6-12-13(19-9(2)18-12)7-11(10)8-15-16/h6-9H,3-5H2,1-2H3. The molecule has 1 unspecified atom stereocenters. The third-order valence-electron chi connectivity index (χ3n) is 3.31. The zero-order valence-corrected chi connectivity index (χ0v) is 11.0. The van der Waals surface area contributed by atoms with Crippen molar-refractivity contribution in [3.8, 4) is 11.5 Å². The van der Waals surface area contributed by atoms with Gasteiger partial charge in [0.2, 0.25) is 12.2 Å². The molecule has 3 rings (SSSR count). The van der Waals surface area contributed by atoms with Crippen molar-refractivity contribution in [2.75, 3.05) is 6.54 Å². The average molecular weight is 260 g/mol. The minimum Gasteiger partial charge on any atom is -0.451 e. The van der Waals surface area contributed by atoms with Crippen LogP contribution < -0.4 is 9.47 Å². The lowest BCUT2D eigenvalue weighted by atomic mass is 10.0. The van der Waals surface area contributed by atoms with E-state index in [1.807, 2.05) is 26.0 Å². The van der Waals surface area contributed by atoms with Crippen LogP contribution >= 0.6 is 0 Å². The predicted molar refractivity (Wildman–Crippen MR) is 70.5 cm³/mol. The number of fused-ring (bicyclic) bond motifs is 2. The highest BCUT2D eigenvalue weighted by atomic mass is 16.7. The summed E-state index contributed by atoms with van der Waals surface area (Å²) in [5.41, 5.74) is 2.12. The van der Waals surface area contributed by atoms with Crippen molar-refractivity contribution in [1.82, 2.24) is 5.01 Å². The zero-order chi connectivity index (χ0) is 13.4. The number of ether oxygens (including phenoxy) is 2. The maximum absolute atomic E-state index is 11.7. The summed E-state index contributed by atoms with van der Waals surface area (Å²) in [6, 6.07) is 3.91. The van der Waals surface area contributed by atoms with Crippen LogP contribution in [0, 0.1) is 0 Å². The monoisotopic (exact) mass is 260 g/mol. The molecule has 2 heterocycles. The second-order valence-corrected chi connectivity index (χ2v) is 4.67. The summed E-state index contributed by atoms with van der Waals surface area (Å²) < 4.78 is 11.1. The molecule has 1 aromatic rings. The summed E-state index contributed by atoms with van der Waals surface area (Å²) in [6.45, 7) is 4.31. The molecule has 0 saturated heterocycles. The molecule has 1 aromatic carbocycles. The quantitative estimate of drug-likeness (QED) is 0.775. The Morgan fingerprint density at radius 3 is 2.89 bits per heavy atom. The molecule has 2 aliphatic heterocycles. The third-order valence-corrected chi connectivity index (χ3v) is 3.31. The molecular weight excluding hydrogens is 244 g/mol. The molecule has 0 N–H and O–H groups in total. The van der Waals surface area contributed by atoms with Crippen molar-refractivity contribution in [3.63, 3.8) is 0 Å². The minimum atomic E-state index is -0.240. The largest absolute Gasteiger partial charge is 0.451 e. The summed E-state index contributed by atoms with van der Waals surface area (Å²) in [5.74, 6) is 1.56. The van der Waals surface area contributed by atoms with Gasteiger partial charge in [0.1, 0.15) is 0 Å². The summed E-state index contributed by atoms with van der Waals surface area (Å²) in [5, 5.41) is 5.77. The van der Waals surface area contributed by atoms with Crippen molar-refractivity contribution >= 4 is 12.1 Å². The van der Waals surface area contributed by atoms with Crippen molar-refractivity contribution in [2.45, 2.75) is 33.0 Å². The van der Waals surface area contributed by atoms with Crippen molar-refractivity contribution in [1.29, 1.82) is 0 Å². The van der Waals surface area contributed by atoms with Gasteiger partial charge in [0, 0.05) is 25.5 Å². The molecule has 100 valence electrons. The van der Waals surface area contributed by atoms with Gasteiger partial charge in [-0.05, 0) is 24.1 Å². The zero-order valence-electron chi connectivity index (χ0n) is 11.0. The number of hydrogen-bond acceptors (Lipinski definition) is 4. The van der Waals surface area contributed by atoms with Crippen LogP contribution in [0.15, 0.2) is 17.2 Å². The average Bonchev–Trinajstić information content (AvgIpc) is 2.63. The molecule has 1 atom stereocenters. The molecule has 0 aromatic heterocycles. The van der Waals surface area contributed by atoms with E-state index >= 15 is 0 Å². The first-order chi connectivity index (χ1) is 9.17. The van der Waals surface area contributed by atoms with E-state index in [2.05, 4.69) is 5.10 Å². The van der Waals surface area contributed by atoms with Crippen molar-refractivity contribution in [3.05, 3.63) is 23.3 Å². The molecule has 0 radical (unpaired) electrons. The van der Waals surface area contributed by atoms with Gasteiger partial charge in [-0.15, -0.1) is 0 Å². The van der Waals surface area contributed by atoms with E-state index in [-0.39, 0.29) is 12.2 Å². The number of benzene rings is 1. The Hall–Kier alpha value is -2.04. The lowest BCUT2D eigenvalue weighted by Crippen LogP contribution is -2.26. The van der Waals surface area contributed by atoms with Gasteiger partial charge in [-0.3, -0.25) is 4.79 Å². The topological polar surface area (TPSA) is 51.1 Å². The van der Waals surface area contributed by atoms with Crippen LogP contribution in [0.25, 0.3) is 0 Å². The van der Waals surface area contributed by atoms with Crippen LogP contribution in [0.3, 0.4) is 0 Å². The Kier molecular flexibility index (Phi) is 2.89. The van der Waals surface area contributed by atoms with Crippen LogP contribution in [0.4, 0.5) is 0 Å². The fourth-order valence-corrected chi connectivity index (χ4v) is 2.31. The molecular formula is C14H16N2O3. The van der Waals surface area contributed by atoms with Gasteiger partial charge < -0.3 is 9.47 Å². The molecule has 0 aliphatic carbocycles. The van der Waals surface area contributed by atoms with Gasteiger partial charge in [0.05, 0.1) is 6.21 Å². The first-order valence-corrected chi connectivity index (χ1v) is 6.52. The Balaban J connectivity index is 1.91. The molecule has 0 saturated carbocycles. The fourth-order valence-electron chi connectivity index (χ4n) is 2.31. The molecule has 19 heavy (non-hydrogen) atoms. The van der Waals surface area contributed by atoms with Crippen LogP contribution in [0.2, 0.25) is 0 Å². The molecule has 1 amide bonds. The number of carbonyl (C=O) groups is 1. The summed E-state index contributed by atoms with van der Waals surface area (Å²) in [4.78, 5) is 11.7. The summed E-state index contributed by atoms with van der Waals surface area (Å²) in [6.07, 6.45) is 2.72. The number of carbonyl (C=O) groups excluding carboxylic acids is 1. The Labute approximate surface area is 111 Å². The molecule has 5 heteroatoms. The molecule has 2 aliphatic rings. The predicted octanol–water partition coefficient (Wildman–Crippen LogP) is 1.93. The molecule has 0 spiro atoms. The Morgan fingerprint density at radius 1 is 1.42 bits per heavy atom. The van der Waals surface area contributed by atoms with Gasteiger partial charge >= 0.3 is 0 Å². The number of nitrogens with zero attached hydrogens (tertiary/aromatic N) is 2. The SMILES string of the molecule is CCC(=O)N1CCc2cc3c(cc2C=N1)OC(C)O3. The first kappa shape index (κ1) is 12.0. The number of amides is 1. The smallest absolute Gasteiger partial charge is 0.242 e. The Bertz CT molecular complexity index is 554. The van der Waals surface area contributed by atoms with Crippen LogP contribution in [-0.2, 0) is 11.2 Å². The first-order valence-electron chi connectivity index (χ1n) is 6.52. The highest BCUT2D eigenvalue weighted by Gasteiger charge is 2.23. The maximum atomic E-state index is 11.7. The second-order valence-electron chi connectivity index (χ2n) is 4.67. The highest BCUT2D eigenvalue weighted by Crippen LogP contribution is 2.37. The van der Waals surface area contributed by atoms with E-state index < -0.39 is 0 Å². The van der Waals surface area contributed by atoms with Crippen molar-refractivity contribution in [2.24, 2.45) is 5.10 Å². The van der Waals surface area contributed by atoms with E-state index in [4.69, 9.17) is 9.47 Å². The third kappa shape index (κ3) is 2.16. The normalized spacial score (nSPS) is 20.1. The van der Waals surface area contributed by atoms with Crippen molar-refractivity contribution < 1.29 is 14.3 Å². The lowest BCUT2D eigenvalue weighted by Gasteiger charge is -2.13. The van der Waals surface area contributed by atoms with E-state index in [9.17, 15) is 4.79 Å². The molecule has 5 nitrogen and oxygen atoms in total. The lowest BCUT2D eigenvalue weighted by molar-refractivity contribution is -0.130. The number of hydrogen-bond donors (Lipinski definition) is 0. The van der Waals surface area contributed by atoms with E-state index in [1.54, 1.807) is 6.21 Å². The van der Waals surface area contributed by atoms with Crippen LogP contribution in [0.5, 0.6) is 11.5 Å². The van der Waals surface area contributed by atoms with Crippen LogP contribution in [0.1, 0.15) is 31.4 Å². The van der Waals surface area contributed by atoms with Gasteiger partial charge in [0.15, 0.2) is 11.5 Å². The van der Waals surface area contributed by atoms with Crippen LogP contribution in [-0.4, -0.2) is 30.0 Å². The summed E-state index contributed by atoms with van der Waals surface area (Å²) in [7, 11) is 0. The minimum absolute atomic E-state index is 0.0396. The van der Waals surface area contributed by atoms with Gasteiger partial charge in [-0.2, -0.15) is 5.10 Å². The second kappa shape index (κ2) is 4.57. The van der Waals surface area contributed by atoms with E-state index in [0.29, 0.717) is 13.0 Å². The van der Waals surface area contributed by atoms with Gasteiger partial charge in [-0.1, -0.05) is 6.92 Å². The number of rotatable bonds is 1. The summed E-state index contributed by atoms with van der Waals surface area (Å²) >= 11 is 0. The molecule has 0 fully saturated rings. The van der Waals surface area contributed by atoms with Gasteiger partial charge in [0.25, 0.3) is 0 Å². The van der Waals surface area contributed by atoms with E-state index in [1.165, 1.54) is 5.01 Å². The fraction of sp³-hybridized carbons (Fsp3) is 0.429. The van der Waals surface area contributed by atoms with E-state index in [0.717, 1.165) is 29.0 Å². The number of hydrazone groups is 1. The Morgan fingerprint density at radius 2 is 2.16 bits per heavy atom.